The Kier molecular flexibility index (Phi) is 2.98. The first kappa shape index (κ1) is 8.92. The van der Waals surface area contributed by atoms with Crippen molar-refractivity contribution in [2.24, 2.45) is 11.7 Å². The molecule has 2 N–H and O–H groups in total. The van der Waals surface area contributed by atoms with E-state index in [1.807, 2.05) is 6.07 Å². The molecule has 0 amide bonds. The maximum Gasteiger partial charge on any atom is 0.109 e. The van der Waals surface area contributed by atoms with Crippen molar-refractivity contribution in [2.75, 3.05) is 13.1 Å². The van der Waals surface area contributed by atoms with Gasteiger partial charge in [-0.15, -0.1) is 0 Å². The highest BCUT2D eigenvalue weighted by Gasteiger charge is 2.15. The van der Waals surface area contributed by atoms with Crippen LogP contribution in [0.25, 0.3) is 0 Å². The van der Waals surface area contributed by atoms with E-state index in [-0.39, 0.29) is 0 Å². The number of piperidine rings is 1. The van der Waals surface area contributed by atoms with Crippen LogP contribution >= 0.6 is 0 Å². The summed E-state index contributed by atoms with van der Waals surface area (Å²) >= 11 is 0. The molecule has 0 bridgehead atoms. The number of nitrogens with zero attached hydrogens (tertiary/aromatic N) is 2. The lowest BCUT2D eigenvalue weighted by Crippen LogP contribution is -2.35. The first-order valence-corrected chi connectivity index (χ1v) is 4.34. The predicted octanol–water partition coefficient (Wildman–Crippen LogP) is 1.04. The summed E-state index contributed by atoms with van der Waals surface area (Å²) in [5, 5.41) is 8.39. The number of nitrogens with two attached hydrogens (primary N) is 1. The molecule has 0 saturated carbocycles. The van der Waals surface area contributed by atoms with E-state index in [1.165, 1.54) is 18.9 Å². The highest BCUT2D eigenvalue weighted by molar-refractivity contribution is 5.09. The second-order valence-corrected chi connectivity index (χ2v) is 3.37. The van der Waals surface area contributed by atoms with Crippen molar-refractivity contribution in [1.29, 1.82) is 5.26 Å². The highest BCUT2D eigenvalue weighted by atomic mass is 15.2. The molecule has 66 valence electrons. The van der Waals surface area contributed by atoms with Gasteiger partial charge in [-0.05, 0) is 18.8 Å². The molecule has 1 rings (SSSR count). The zero-order valence-electron chi connectivity index (χ0n) is 7.45. The predicted molar refractivity (Wildman–Crippen MR) is 47.9 cm³/mol. The molecule has 0 aromatic rings. The molecule has 0 aliphatic carbocycles. The lowest BCUT2D eigenvalue weighted by atomic mass is 9.99. The molecule has 1 heterocycles. The number of hydrogen-bond donors (Lipinski definition) is 1. The monoisotopic (exact) mass is 165 g/mol. The topological polar surface area (TPSA) is 53.0 Å². The smallest absolute Gasteiger partial charge is 0.109 e. The van der Waals surface area contributed by atoms with Crippen LogP contribution in [0.4, 0.5) is 0 Å². The van der Waals surface area contributed by atoms with Crippen molar-refractivity contribution in [1.82, 2.24) is 4.90 Å². The number of rotatable bonds is 1. The second kappa shape index (κ2) is 4.01. The Morgan fingerprint density at radius 3 is 2.67 bits per heavy atom. The fourth-order valence-corrected chi connectivity index (χ4v) is 1.42. The minimum Gasteiger partial charge on any atom is -0.385 e. The largest absolute Gasteiger partial charge is 0.385 e. The minimum atomic E-state index is 0.615. The highest BCUT2D eigenvalue weighted by Crippen LogP contribution is 2.17. The standard InChI is InChI=1S/C9H15N3/c1-8-3-6-12(7-4-8)9(11)2-5-10/h2,8H,3-4,6-7,11H2,1H3/b9-2+. The van der Waals surface area contributed by atoms with E-state index in [1.54, 1.807) is 0 Å². The average molecular weight is 165 g/mol. The van der Waals surface area contributed by atoms with Gasteiger partial charge in [0.15, 0.2) is 0 Å². The molecule has 0 aromatic heterocycles. The lowest BCUT2D eigenvalue weighted by molar-refractivity contribution is 0.235. The van der Waals surface area contributed by atoms with Crippen LogP contribution in [0.15, 0.2) is 11.9 Å². The van der Waals surface area contributed by atoms with Crippen molar-refractivity contribution in [3.05, 3.63) is 11.9 Å². The van der Waals surface area contributed by atoms with Crippen LogP contribution in [0, 0.1) is 17.2 Å². The number of allylic oxidation sites excluding steroid dienone is 1. The van der Waals surface area contributed by atoms with E-state index in [0.717, 1.165) is 19.0 Å². The molecular weight excluding hydrogens is 150 g/mol. The van der Waals surface area contributed by atoms with E-state index in [0.29, 0.717) is 5.82 Å². The third-order valence-corrected chi connectivity index (χ3v) is 2.36. The summed E-state index contributed by atoms with van der Waals surface area (Å²) in [6.07, 6.45) is 3.77. The third kappa shape index (κ3) is 2.16. The van der Waals surface area contributed by atoms with Gasteiger partial charge >= 0.3 is 0 Å². The molecule has 1 fully saturated rings. The summed E-state index contributed by atoms with van der Waals surface area (Å²) < 4.78 is 0. The Morgan fingerprint density at radius 1 is 1.58 bits per heavy atom. The van der Waals surface area contributed by atoms with Crippen molar-refractivity contribution >= 4 is 0 Å². The molecule has 1 saturated heterocycles. The molecule has 1 aliphatic heterocycles. The zero-order chi connectivity index (χ0) is 8.97. The molecule has 3 nitrogen and oxygen atoms in total. The van der Waals surface area contributed by atoms with Crippen LogP contribution in [-0.2, 0) is 0 Å². The molecule has 12 heavy (non-hydrogen) atoms. The van der Waals surface area contributed by atoms with E-state index in [4.69, 9.17) is 11.0 Å². The van der Waals surface area contributed by atoms with Crippen molar-refractivity contribution in [2.45, 2.75) is 19.8 Å². The van der Waals surface area contributed by atoms with Crippen molar-refractivity contribution in [3.63, 3.8) is 0 Å². The molecule has 1 aliphatic rings. The Morgan fingerprint density at radius 2 is 2.17 bits per heavy atom. The van der Waals surface area contributed by atoms with Gasteiger partial charge in [-0.25, -0.2) is 0 Å². The first-order chi connectivity index (χ1) is 5.74. The number of hydrogen-bond acceptors (Lipinski definition) is 3. The van der Waals surface area contributed by atoms with Gasteiger partial charge < -0.3 is 10.6 Å². The summed E-state index contributed by atoms with van der Waals surface area (Å²) in [7, 11) is 0. The molecule has 0 spiro atoms. The number of nitriles is 1. The van der Waals surface area contributed by atoms with Gasteiger partial charge in [0.05, 0.1) is 12.1 Å². The first-order valence-electron chi connectivity index (χ1n) is 4.34. The van der Waals surface area contributed by atoms with Gasteiger partial charge in [0.25, 0.3) is 0 Å². The Labute approximate surface area is 73.5 Å². The second-order valence-electron chi connectivity index (χ2n) is 3.37. The van der Waals surface area contributed by atoms with Crippen LogP contribution in [0.1, 0.15) is 19.8 Å². The Balaban J connectivity index is 2.45. The maximum absolute atomic E-state index is 8.39. The maximum atomic E-state index is 8.39. The van der Waals surface area contributed by atoms with Crippen molar-refractivity contribution in [3.8, 4) is 6.07 Å². The molecule has 0 unspecified atom stereocenters. The van der Waals surface area contributed by atoms with Gasteiger partial charge in [-0.1, -0.05) is 6.92 Å². The molecule has 0 radical (unpaired) electrons. The number of likely N-dealkylation sites (tertiary alicyclic amines) is 1. The van der Waals surface area contributed by atoms with Crippen LogP contribution in [0.3, 0.4) is 0 Å². The van der Waals surface area contributed by atoms with Gasteiger partial charge in [0, 0.05) is 13.1 Å². The summed E-state index contributed by atoms with van der Waals surface area (Å²) in [4.78, 5) is 2.07. The van der Waals surface area contributed by atoms with Gasteiger partial charge in [-0.3, -0.25) is 0 Å². The van der Waals surface area contributed by atoms with Crippen LogP contribution in [-0.4, -0.2) is 18.0 Å². The molecular formula is C9H15N3. The van der Waals surface area contributed by atoms with E-state index in [9.17, 15) is 0 Å². The molecule has 0 atom stereocenters. The lowest BCUT2D eigenvalue weighted by Gasteiger charge is -2.31. The van der Waals surface area contributed by atoms with E-state index < -0.39 is 0 Å². The SMILES string of the molecule is CC1CCN(/C(N)=C/C#N)CC1. The van der Waals surface area contributed by atoms with E-state index in [2.05, 4.69) is 11.8 Å². The molecule has 0 aromatic carbocycles. The summed E-state index contributed by atoms with van der Waals surface area (Å²) in [6, 6.07) is 1.95. The summed E-state index contributed by atoms with van der Waals surface area (Å²) in [5.41, 5.74) is 5.67. The van der Waals surface area contributed by atoms with Gasteiger partial charge in [0.2, 0.25) is 0 Å². The Hall–Kier alpha value is -1.17. The minimum absolute atomic E-state index is 0.615. The van der Waals surface area contributed by atoms with E-state index >= 15 is 0 Å². The van der Waals surface area contributed by atoms with Crippen molar-refractivity contribution < 1.29 is 0 Å². The zero-order valence-corrected chi connectivity index (χ0v) is 7.45. The fraction of sp³-hybridized carbons (Fsp3) is 0.667. The van der Waals surface area contributed by atoms with Gasteiger partial charge in [0.1, 0.15) is 5.82 Å². The Bertz CT molecular complexity index is 206. The molecule has 3 heteroatoms. The quantitative estimate of drug-likeness (QED) is 0.591. The van der Waals surface area contributed by atoms with Gasteiger partial charge in [-0.2, -0.15) is 5.26 Å². The summed E-state index contributed by atoms with van der Waals surface area (Å²) in [6.45, 7) is 4.23. The summed E-state index contributed by atoms with van der Waals surface area (Å²) in [5.74, 6) is 1.42. The third-order valence-electron chi connectivity index (χ3n) is 2.36. The van der Waals surface area contributed by atoms with Crippen LogP contribution in [0.5, 0.6) is 0 Å². The normalized spacial score (nSPS) is 20.7. The van der Waals surface area contributed by atoms with Crippen LogP contribution in [0.2, 0.25) is 0 Å². The fourth-order valence-electron chi connectivity index (χ4n) is 1.42. The van der Waals surface area contributed by atoms with Crippen LogP contribution < -0.4 is 5.73 Å². The average Bonchev–Trinajstić information content (AvgIpc) is 2.06.